The van der Waals surface area contributed by atoms with Crippen LogP contribution in [0.1, 0.15) is 44.9 Å². The molecule has 0 aliphatic carbocycles. The molecule has 6 N–H and O–H groups in total. The Kier molecular flexibility index (Phi) is 7.83. The van der Waals surface area contributed by atoms with Gasteiger partial charge in [0.2, 0.25) is 5.91 Å². The van der Waals surface area contributed by atoms with Crippen molar-refractivity contribution in [3.8, 4) is 0 Å². The molecule has 2 aliphatic rings. The molecule has 0 aromatic carbocycles. The third-order valence-electron chi connectivity index (χ3n) is 4.71. The maximum absolute atomic E-state index is 11.4. The predicted octanol–water partition coefficient (Wildman–Crippen LogP) is 0.411. The van der Waals surface area contributed by atoms with E-state index in [1.165, 1.54) is 0 Å². The molecule has 0 bridgehead atoms. The van der Waals surface area contributed by atoms with Crippen LogP contribution >= 0.6 is 11.8 Å². The lowest BCUT2D eigenvalue weighted by molar-refractivity contribution is -0.139. The van der Waals surface area contributed by atoms with E-state index in [4.69, 9.17) is 5.73 Å². The van der Waals surface area contributed by atoms with E-state index in [0.717, 1.165) is 37.9 Å². The van der Waals surface area contributed by atoms with E-state index < -0.39 is 12.0 Å². The van der Waals surface area contributed by atoms with Crippen molar-refractivity contribution < 1.29 is 19.5 Å². The predicted molar refractivity (Wildman–Crippen MR) is 96.4 cm³/mol. The van der Waals surface area contributed by atoms with E-state index in [2.05, 4.69) is 16.0 Å². The van der Waals surface area contributed by atoms with Gasteiger partial charge in [-0.2, -0.15) is 11.8 Å². The van der Waals surface area contributed by atoms with Gasteiger partial charge in [-0.05, 0) is 32.2 Å². The second-order valence-corrected chi connectivity index (χ2v) is 7.95. The van der Waals surface area contributed by atoms with Crippen molar-refractivity contribution in [2.45, 2.75) is 68.3 Å². The van der Waals surface area contributed by atoms with Crippen molar-refractivity contribution >= 4 is 29.7 Å². The highest BCUT2D eigenvalue weighted by atomic mass is 32.2. The number of nitrogens with one attached hydrogen (secondary N) is 3. The number of carbonyl (C=O) groups excluding carboxylic acids is 2. The topological polar surface area (TPSA) is 134 Å². The fourth-order valence-corrected chi connectivity index (χ4v) is 4.90. The number of carboxylic acid groups (broad SMARTS) is 1. The highest BCUT2D eigenvalue weighted by Crippen LogP contribution is 2.33. The number of fused-ring (bicyclic) bond motifs is 1. The molecule has 25 heavy (non-hydrogen) atoms. The van der Waals surface area contributed by atoms with Gasteiger partial charge in [0.15, 0.2) is 0 Å². The third-order valence-corrected chi connectivity index (χ3v) is 6.22. The van der Waals surface area contributed by atoms with Crippen LogP contribution < -0.4 is 21.7 Å². The van der Waals surface area contributed by atoms with Gasteiger partial charge < -0.3 is 26.8 Å². The van der Waals surface area contributed by atoms with Crippen LogP contribution in [0.4, 0.5) is 4.79 Å². The highest BCUT2D eigenvalue weighted by Gasteiger charge is 2.42. The summed E-state index contributed by atoms with van der Waals surface area (Å²) in [6, 6.07) is -0.272. The fraction of sp³-hybridized carbons (Fsp3) is 0.812. The van der Waals surface area contributed by atoms with Crippen LogP contribution in [0.5, 0.6) is 0 Å². The Morgan fingerprint density at radius 3 is 2.80 bits per heavy atom. The zero-order chi connectivity index (χ0) is 18.2. The molecule has 2 aliphatic heterocycles. The molecule has 1 unspecified atom stereocenters. The maximum Gasteiger partial charge on any atom is 0.320 e. The zero-order valence-corrected chi connectivity index (χ0v) is 15.1. The van der Waals surface area contributed by atoms with Crippen molar-refractivity contribution in [1.82, 2.24) is 16.0 Å². The molecule has 2 fully saturated rings. The van der Waals surface area contributed by atoms with Crippen molar-refractivity contribution in [1.29, 1.82) is 0 Å². The lowest BCUT2D eigenvalue weighted by atomic mass is 10.0. The molecule has 8 nitrogen and oxygen atoms in total. The fourth-order valence-electron chi connectivity index (χ4n) is 3.36. The number of nitrogens with two attached hydrogens (primary N) is 1. The van der Waals surface area contributed by atoms with Gasteiger partial charge in [-0.3, -0.25) is 9.59 Å². The molecule has 142 valence electrons. The first-order valence-corrected chi connectivity index (χ1v) is 9.95. The van der Waals surface area contributed by atoms with Crippen molar-refractivity contribution in [3.05, 3.63) is 0 Å². The van der Waals surface area contributed by atoms with E-state index in [9.17, 15) is 19.5 Å². The molecule has 0 saturated carbocycles. The second kappa shape index (κ2) is 9.86. The van der Waals surface area contributed by atoms with Gasteiger partial charge in [0.05, 0.1) is 12.1 Å². The molecule has 0 radical (unpaired) electrons. The minimum atomic E-state index is -0.829. The van der Waals surface area contributed by atoms with E-state index >= 15 is 0 Å². The lowest BCUT2D eigenvalue weighted by Gasteiger charge is -2.18. The molecule has 9 heteroatoms. The maximum atomic E-state index is 11.4. The molecular weight excluding hydrogens is 344 g/mol. The van der Waals surface area contributed by atoms with E-state index in [1.54, 1.807) is 0 Å². The molecule has 3 amide bonds. The molecule has 2 heterocycles. The lowest BCUT2D eigenvalue weighted by Crippen LogP contribution is -2.38. The molecule has 4 atom stereocenters. The number of amides is 3. The largest absolute Gasteiger partial charge is 0.480 e. The zero-order valence-electron chi connectivity index (χ0n) is 14.3. The van der Waals surface area contributed by atoms with Crippen LogP contribution in [-0.4, -0.2) is 58.7 Å². The monoisotopic (exact) mass is 372 g/mol. The number of unbranched alkanes of at least 4 members (excludes halogenated alkanes) is 2. The van der Waals surface area contributed by atoms with Crippen LogP contribution in [0.25, 0.3) is 0 Å². The number of aliphatic carboxylic acids is 1. The van der Waals surface area contributed by atoms with Crippen molar-refractivity contribution in [2.75, 3.05) is 12.3 Å². The van der Waals surface area contributed by atoms with E-state index in [1.807, 2.05) is 11.8 Å². The number of rotatable bonds is 12. The first-order valence-electron chi connectivity index (χ1n) is 8.90. The smallest absolute Gasteiger partial charge is 0.320 e. The van der Waals surface area contributed by atoms with Gasteiger partial charge in [0.1, 0.15) is 6.04 Å². The first kappa shape index (κ1) is 19.8. The summed E-state index contributed by atoms with van der Waals surface area (Å²) in [4.78, 5) is 33.4. The van der Waals surface area contributed by atoms with Gasteiger partial charge in [0, 0.05) is 17.4 Å². The first-order chi connectivity index (χ1) is 12.0. The Hall–Kier alpha value is -1.48. The standard InChI is InChI=1S/C16H28N4O4S/c17-13(21)7-2-1-3-8-18-10(15(22)23)5-4-6-12-14-11(9-25-12)19-16(24)20-14/h10-12,14,18H,1-9H2,(H2,17,21)(H,22,23)(H2,19,20,24)/t10?,11-,12-,14-/m0/s1. The minimum Gasteiger partial charge on any atom is -0.480 e. The molecular formula is C16H28N4O4S. The van der Waals surface area contributed by atoms with Crippen LogP contribution in [0.2, 0.25) is 0 Å². The number of hydrogen-bond donors (Lipinski definition) is 5. The Labute approximate surface area is 152 Å². The van der Waals surface area contributed by atoms with Crippen LogP contribution in [0, 0.1) is 0 Å². The van der Waals surface area contributed by atoms with Gasteiger partial charge in [-0.15, -0.1) is 0 Å². The third kappa shape index (κ3) is 6.39. The SMILES string of the molecule is NC(=O)CCCCCNC(CCC[C@@H]1SC[C@@H]2NC(=O)N[C@@H]21)C(=O)O. The van der Waals surface area contributed by atoms with Crippen molar-refractivity contribution in [2.24, 2.45) is 5.73 Å². The van der Waals surface area contributed by atoms with Gasteiger partial charge >= 0.3 is 12.0 Å². The Morgan fingerprint density at radius 2 is 2.08 bits per heavy atom. The number of hydrogen-bond acceptors (Lipinski definition) is 5. The second-order valence-electron chi connectivity index (χ2n) is 6.67. The Bertz CT molecular complexity index is 491. The minimum absolute atomic E-state index is 0.0956. The van der Waals surface area contributed by atoms with E-state index in [-0.39, 0.29) is 24.0 Å². The number of thioether (sulfide) groups is 1. The number of carbonyl (C=O) groups is 3. The summed E-state index contributed by atoms with van der Waals surface area (Å²) in [6.07, 6.45) is 5.10. The Balaban J connectivity index is 1.60. The van der Waals surface area contributed by atoms with Crippen molar-refractivity contribution in [3.63, 3.8) is 0 Å². The van der Waals surface area contributed by atoms with Crippen LogP contribution in [0.15, 0.2) is 0 Å². The molecule has 0 aromatic rings. The summed E-state index contributed by atoms with van der Waals surface area (Å²) in [5.41, 5.74) is 5.08. The van der Waals surface area contributed by atoms with Gasteiger partial charge in [-0.1, -0.05) is 12.8 Å². The summed E-state index contributed by atoms with van der Waals surface area (Å²) in [5, 5.41) is 18.6. The normalized spacial score (nSPS) is 25.9. The summed E-state index contributed by atoms with van der Waals surface area (Å²) < 4.78 is 0. The molecule has 0 aromatic heterocycles. The van der Waals surface area contributed by atoms with Gasteiger partial charge in [0.25, 0.3) is 0 Å². The molecule has 2 rings (SSSR count). The number of primary amides is 1. The highest BCUT2D eigenvalue weighted by molar-refractivity contribution is 8.00. The summed E-state index contributed by atoms with van der Waals surface area (Å²) in [7, 11) is 0. The van der Waals surface area contributed by atoms with Gasteiger partial charge in [-0.25, -0.2) is 4.79 Å². The van der Waals surface area contributed by atoms with E-state index in [0.29, 0.717) is 24.6 Å². The average Bonchev–Trinajstić information content (AvgIpc) is 3.08. The summed E-state index contributed by atoms with van der Waals surface area (Å²) >= 11 is 1.84. The number of carboxylic acids is 1. The summed E-state index contributed by atoms with van der Waals surface area (Å²) in [6.45, 7) is 0.624. The quantitative estimate of drug-likeness (QED) is 0.249. The number of urea groups is 1. The van der Waals surface area contributed by atoms with Crippen LogP contribution in [0.3, 0.4) is 0 Å². The average molecular weight is 372 g/mol. The molecule has 2 saturated heterocycles. The Morgan fingerprint density at radius 1 is 1.28 bits per heavy atom. The summed E-state index contributed by atoms with van der Waals surface area (Å²) in [5.74, 6) is -0.207. The molecule has 0 spiro atoms. The van der Waals surface area contributed by atoms with Crippen LogP contribution in [-0.2, 0) is 9.59 Å².